The molecule has 0 aromatic carbocycles. The van der Waals surface area contributed by atoms with Crippen LogP contribution in [0.2, 0.25) is 0 Å². The predicted octanol–water partition coefficient (Wildman–Crippen LogP) is 0.583. The zero-order valence-corrected chi connectivity index (χ0v) is 14.5. The van der Waals surface area contributed by atoms with Crippen molar-refractivity contribution in [2.45, 2.75) is 58.4 Å². The van der Waals surface area contributed by atoms with Crippen LogP contribution in [0.15, 0.2) is 0 Å². The lowest BCUT2D eigenvalue weighted by molar-refractivity contribution is -0.140. The van der Waals surface area contributed by atoms with Crippen molar-refractivity contribution in [3.05, 3.63) is 0 Å². The number of hydrogen-bond acceptors (Lipinski definition) is 4. The van der Waals surface area contributed by atoms with Crippen LogP contribution in [0.3, 0.4) is 0 Å². The van der Waals surface area contributed by atoms with Crippen LogP contribution >= 0.6 is 0 Å². The molecule has 1 saturated heterocycles. The van der Waals surface area contributed by atoms with Crippen molar-refractivity contribution in [1.29, 1.82) is 0 Å². The number of carbonyl (C=O) groups is 4. The molecule has 2 rings (SSSR count). The van der Waals surface area contributed by atoms with E-state index in [-0.39, 0.29) is 48.4 Å². The highest BCUT2D eigenvalue weighted by atomic mass is 16.2. The van der Waals surface area contributed by atoms with Crippen molar-refractivity contribution < 1.29 is 19.2 Å². The first kappa shape index (κ1) is 18.4. The minimum absolute atomic E-state index is 0.0301. The average Bonchev–Trinajstić information content (AvgIpc) is 2.82. The maximum absolute atomic E-state index is 12.3. The van der Waals surface area contributed by atoms with Gasteiger partial charge in [-0.2, -0.15) is 0 Å². The van der Waals surface area contributed by atoms with Gasteiger partial charge in [0, 0.05) is 19.5 Å². The lowest BCUT2D eigenvalue weighted by atomic mass is 9.81. The molecule has 1 heterocycles. The zero-order chi connectivity index (χ0) is 17.7. The molecule has 2 aliphatic rings. The number of rotatable bonds is 7. The summed E-state index contributed by atoms with van der Waals surface area (Å²) in [5.41, 5.74) is 0. The minimum Gasteiger partial charge on any atom is -0.354 e. The molecule has 2 fully saturated rings. The highest BCUT2D eigenvalue weighted by Crippen LogP contribution is 2.37. The molecule has 4 amide bonds. The molecule has 134 valence electrons. The Morgan fingerprint density at radius 2 is 1.75 bits per heavy atom. The molecule has 1 aliphatic heterocycles. The Bertz CT molecular complexity index is 496. The second-order valence-corrected chi connectivity index (χ2v) is 6.66. The second-order valence-electron chi connectivity index (χ2n) is 6.66. The van der Waals surface area contributed by atoms with Crippen LogP contribution in [0.5, 0.6) is 0 Å². The molecule has 24 heavy (non-hydrogen) atoms. The largest absolute Gasteiger partial charge is 0.354 e. The Labute approximate surface area is 142 Å². The van der Waals surface area contributed by atoms with E-state index in [2.05, 4.69) is 10.6 Å². The fourth-order valence-electron chi connectivity index (χ4n) is 3.45. The molecule has 2 N–H and O–H groups in total. The van der Waals surface area contributed by atoms with Gasteiger partial charge in [-0.15, -0.1) is 0 Å². The summed E-state index contributed by atoms with van der Waals surface area (Å²) in [5.74, 6) is -1.20. The number of hydrogen-bond donors (Lipinski definition) is 2. The summed E-state index contributed by atoms with van der Waals surface area (Å²) in [6, 6.07) is -0.628. The van der Waals surface area contributed by atoms with Crippen LogP contribution in [0.4, 0.5) is 0 Å². The maximum atomic E-state index is 12.3. The number of nitrogens with one attached hydrogen (secondary N) is 2. The van der Waals surface area contributed by atoms with Gasteiger partial charge in [0.1, 0.15) is 6.04 Å². The molecule has 3 atom stereocenters. The van der Waals surface area contributed by atoms with Gasteiger partial charge in [0.15, 0.2) is 0 Å². The molecule has 7 heteroatoms. The summed E-state index contributed by atoms with van der Waals surface area (Å²) in [6.07, 6.45) is 4.37. The Kier molecular flexibility index (Phi) is 6.34. The van der Waals surface area contributed by atoms with Crippen LogP contribution in [-0.2, 0) is 19.2 Å². The minimum atomic E-state index is -0.628. The van der Waals surface area contributed by atoms with Gasteiger partial charge in [0.2, 0.25) is 23.6 Å². The number of nitrogens with zero attached hydrogens (tertiary/aromatic N) is 1. The Balaban J connectivity index is 1.80. The number of amides is 4. The van der Waals surface area contributed by atoms with E-state index < -0.39 is 6.04 Å². The predicted molar refractivity (Wildman–Crippen MR) is 87.7 cm³/mol. The van der Waals surface area contributed by atoms with E-state index in [4.69, 9.17) is 0 Å². The molecule has 0 bridgehead atoms. The SMILES string of the molecule is CCCNC(=O)[C@H](C)NC(=O)CCN1C(=O)[C@H]2CCCC[C@@H]2C1=O. The van der Waals surface area contributed by atoms with Crippen LogP contribution in [0.25, 0.3) is 0 Å². The van der Waals surface area contributed by atoms with Crippen molar-refractivity contribution in [2.24, 2.45) is 11.8 Å². The topological polar surface area (TPSA) is 95.6 Å². The zero-order valence-electron chi connectivity index (χ0n) is 14.5. The van der Waals surface area contributed by atoms with Crippen molar-refractivity contribution in [2.75, 3.05) is 13.1 Å². The molecule has 1 saturated carbocycles. The van der Waals surface area contributed by atoms with Crippen molar-refractivity contribution in [3.63, 3.8) is 0 Å². The van der Waals surface area contributed by atoms with E-state index in [9.17, 15) is 19.2 Å². The third-order valence-corrected chi connectivity index (χ3v) is 4.81. The first-order valence-corrected chi connectivity index (χ1v) is 8.88. The van der Waals surface area contributed by atoms with E-state index in [1.807, 2.05) is 6.92 Å². The first-order valence-electron chi connectivity index (χ1n) is 8.88. The molecule has 0 radical (unpaired) electrons. The molecule has 1 aliphatic carbocycles. The summed E-state index contributed by atoms with van der Waals surface area (Å²) < 4.78 is 0. The fraction of sp³-hybridized carbons (Fsp3) is 0.765. The van der Waals surface area contributed by atoms with Gasteiger partial charge in [-0.3, -0.25) is 24.1 Å². The van der Waals surface area contributed by atoms with Gasteiger partial charge in [-0.1, -0.05) is 19.8 Å². The van der Waals surface area contributed by atoms with E-state index in [1.54, 1.807) is 6.92 Å². The summed E-state index contributed by atoms with van der Waals surface area (Å²) in [4.78, 5) is 49.6. The number of likely N-dealkylation sites (tertiary alicyclic amines) is 1. The summed E-state index contributed by atoms with van der Waals surface area (Å²) >= 11 is 0. The molecule has 7 nitrogen and oxygen atoms in total. The molecular weight excluding hydrogens is 310 g/mol. The molecule has 0 unspecified atom stereocenters. The molecule has 0 aromatic rings. The van der Waals surface area contributed by atoms with Crippen LogP contribution < -0.4 is 10.6 Å². The second kappa shape index (κ2) is 8.26. The Morgan fingerprint density at radius 3 is 2.29 bits per heavy atom. The first-order chi connectivity index (χ1) is 11.5. The van der Waals surface area contributed by atoms with Crippen molar-refractivity contribution in [1.82, 2.24) is 15.5 Å². The van der Waals surface area contributed by atoms with Crippen LogP contribution in [0.1, 0.15) is 52.4 Å². The third kappa shape index (κ3) is 4.13. The van der Waals surface area contributed by atoms with E-state index in [0.717, 1.165) is 32.1 Å². The standard InChI is InChI=1S/C17H27N3O4/c1-3-9-18-15(22)11(2)19-14(21)8-10-20-16(23)12-6-4-5-7-13(12)17(20)24/h11-13H,3-10H2,1-2H3,(H,18,22)(H,19,21)/t11-,12-,13-/m0/s1. The highest BCUT2D eigenvalue weighted by molar-refractivity contribution is 6.05. The lowest BCUT2D eigenvalue weighted by Crippen LogP contribution is -2.46. The maximum Gasteiger partial charge on any atom is 0.242 e. The summed E-state index contributed by atoms with van der Waals surface area (Å²) in [7, 11) is 0. The normalized spacial score (nSPS) is 24.5. The smallest absolute Gasteiger partial charge is 0.242 e. The third-order valence-electron chi connectivity index (χ3n) is 4.81. The Morgan fingerprint density at radius 1 is 1.17 bits per heavy atom. The molecule has 0 spiro atoms. The monoisotopic (exact) mass is 337 g/mol. The summed E-state index contributed by atoms with van der Waals surface area (Å²) in [5, 5.41) is 5.31. The fourth-order valence-corrected chi connectivity index (χ4v) is 3.45. The van der Waals surface area contributed by atoms with Gasteiger partial charge in [-0.25, -0.2) is 0 Å². The van der Waals surface area contributed by atoms with Crippen LogP contribution in [-0.4, -0.2) is 47.7 Å². The number of fused-ring (bicyclic) bond motifs is 1. The van der Waals surface area contributed by atoms with Gasteiger partial charge in [0.05, 0.1) is 11.8 Å². The van der Waals surface area contributed by atoms with Gasteiger partial charge >= 0.3 is 0 Å². The highest BCUT2D eigenvalue weighted by Gasteiger charge is 2.47. The van der Waals surface area contributed by atoms with Gasteiger partial charge in [-0.05, 0) is 26.2 Å². The van der Waals surface area contributed by atoms with Gasteiger partial charge in [0.25, 0.3) is 0 Å². The van der Waals surface area contributed by atoms with E-state index in [1.165, 1.54) is 4.90 Å². The van der Waals surface area contributed by atoms with Crippen LogP contribution in [0, 0.1) is 11.8 Å². The Hall–Kier alpha value is -1.92. The van der Waals surface area contributed by atoms with Gasteiger partial charge < -0.3 is 10.6 Å². The summed E-state index contributed by atoms with van der Waals surface area (Å²) in [6.45, 7) is 4.23. The average molecular weight is 337 g/mol. The van der Waals surface area contributed by atoms with Crippen molar-refractivity contribution in [3.8, 4) is 0 Å². The molecule has 0 aromatic heterocycles. The lowest BCUT2D eigenvalue weighted by Gasteiger charge is -2.19. The number of carbonyl (C=O) groups excluding carboxylic acids is 4. The van der Waals surface area contributed by atoms with E-state index in [0.29, 0.717) is 6.54 Å². The number of imide groups is 1. The molecular formula is C17H27N3O4. The van der Waals surface area contributed by atoms with E-state index >= 15 is 0 Å². The van der Waals surface area contributed by atoms with Crippen molar-refractivity contribution >= 4 is 23.6 Å². The quantitative estimate of drug-likeness (QED) is 0.664.